The van der Waals surface area contributed by atoms with Crippen molar-refractivity contribution in [3.63, 3.8) is 0 Å². The van der Waals surface area contributed by atoms with Gasteiger partial charge in [0, 0.05) is 50.7 Å². The highest BCUT2D eigenvalue weighted by atomic mass is 32.1. The van der Waals surface area contributed by atoms with E-state index in [9.17, 15) is 0 Å². The van der Waals surface area contributed by atoms with E-state index >= 15 is 0 Å². The lowest BCUT2D eigenvalue weighted by atomic mass is 10.1. The zero-order chi connectivity index (χ0) is 18.2. The van der Waals surface area contributed by atoms with E-state index in [0.29, 0.717) is 12.5 Å². The Morgan fingerprint density at radius 1 is 1.24 bits per heavy atom. The lowest BCUT2D eigenvalue weighted by Crippen LogP contribution is -2.47. The summed E-state index contributed by atoms with van der Waals surface area (Å²) in [5.41, 5.74) is 1.12. The Morgan fingerprint density at radius 3 is 2.56 bits per heavy atom. The Kier molecular flexibility index (Phi) is 8.12. The minimum Gasteiger partial charge on any atom is -0.357 e. The number of aromatic nitrogens is 1. The van der Waals surface area contributed by atoms with Crippen LogP contribution in [0.1, 0.15) is 29.4 Å². The van der Waals surface area contributed by atoms with Crippen LogP contribution < -0.4 is 10.6 Å². The number of rotatable bonds is 7. The molecule has 0 radical (unpaired) electrons. The maximum Gasteiger partial charge on any atom is 0.191 e. The number of piperazine rings is 1. The topological polar surface area (TPSA) is 55.8 Å². The van der Waals surface area contributed by atoms with Gasteiger partial charge in [0.25, 0.3) is 0 Å². The molecule has 1 fully saturated rings. The molecule has 6 nitrogen and oxygen atoms in total. The summed E-state index contributed by atoms with van der Waals surface area (Å²) in [6.45, 7) is 16.9. The van der Waals surface area contributed by atoms with E-state index in [1.807, 2.05) is 0 Å². The molecule has 1 saturated heterocycles. The van der Waals surface area contributed by atoms with Gasteiger partial charge in [-0.25, -0.2) is 9.98 Å². The van der Waals surface area contributed by atoms with E-state index in [0.717, 1.165) is 36.3 Å². The Bertz CT molecular complexity index is 528. The van der Waals surface area contributed by atoms with Crippen molar-refractivity contribution in [2.75, 3.05) is 52.9 Å². The van der Waals surface area contributed by atoms with Crippen LogP contribution in [0.15, 0.2) is 4.99 Å². The summed E-state index contributed by atoms with van der Waals surface area (Å²) in [7, 11) is 2.20. The highest BCUT2D eigenvalue weighted by Gasteiger charge is 2.16. The zero-order valence-electron chi connectivity index (χ0n) is 16.4. The first-order valence-electron chi connectivity index (χ1n) is 9.34. The molecule has 0 aliphatic carbocycles. The fourth-order valence-electron chi connectivity index (χ4n) is 2.90. The number of nitrogens with one attached hydrogen (secondary N) is 2. The lowest BCUT2D eigenvalue weighted by molar-refractivity contribution is 0.139. The summed E-state index contributed by atoms with van der Waals surface area (Å²) in [5.74, 6) is 1.48. The summed E-state index contributed by atoms with van der Waals surface area (Å²) in [5, 5.41) is 7.90. The average Bonchev–Trinajstić information content (AvgIpc) is 2.90. The number of hydrogen-bond donors (Lipinski definition) is 2. The first-order valence-corrected chi connectivity index (χ1v) is 10.2. The van der Waals surface area contributed by atoms with Crippen LogP contribution in [0.2, 0.25) is 0 Å². The van der Waals surface area contributed by atoms with Crippen molar-refractivity contribution in [2.45, 2.75) is 34.2 Å². The molecule has 2 rings (SSSR count). The first-order chi connectivity index (χ1) is 12.0. The van der Waals surface area contributed by atoms with Crippen molar-refractivity contribution in [2.24, 2.45) is 10.9 Å². The minimum absolute atomic E-state index is 0.594. The molecule has 1 aliphatic rings. The molecule has 0 amide bonds. The smallest absolute Gasteiger partial charge is 0.191 e. The molecule has 0 bridgehead atoms. The van der Waals surface area contributed by atoms with Crippen LogP contribution in [0.3, 0.4) is 0 Å². The number of hydrogen-bond acceptors (Lipinski definition) is 5. The quantitative estimate of drug-likeness (QED) is 0.568. The molecule has 0 aromatic carbocycles. The monoisotopic (exact) mass is 366 g/mol. The van der Waals surface area contributed by atoms with Crippen LogP contribution in [0.25, 0.3) is 0 Å². The van der Waals surface area contributed by atoms with E-state index in [2.05, 4.69) is 65.2 Å². The molecule has 1 atom stereocenters. The average molecular weight is 367 g/mol. The Labute approximate surface area is 156 Å². The summed E-state index contributed by atoms with van der Waals surface area (Å²) >= 11 is 1.74. The molecule has 7 heteroatoms. The third-order valence-corrected chi connectivity index (χ3v) is 5.63. The number of nitrogens with zero attached hydrogens (tertiary/aromatic N) is 4. The van der Waals surface area contributed by atoms with Gasteiger partial charge in [-0.3, -0.25) is 0 Å². The third kappa shape index (κ3) is 6.92. The molecule has 2 heterocycles. The van der Waals surface area contributed by atoms with Crippen molar-refractivity contribution in [3.05, 3.63) is 15.6 Å². The predicted molar refractivity (Wildman–Crippen MR) is 108 cm³/mol. The maximum atomic E-state index is 4.69. The van der Waals surface area contributed by atoms with Crippen molar-refractivity contribution in [1.29, 1.82) is 0 Å². The van der Waals surface area contributed by atoms with Gasteiger partial charge in [-0.15, -0.1) is 11.3 Å². The largest absolute Gasteiger partial charge is 0.357 e. The Hall–Kier alpha value is -1.18. The highest BCUT2D eigenvalue weighted by molar-refractivity contribution is 7.11. The molecular weight excluding hydrogens is 332 g/mol. The van der Waals surface area contributed by atoms with Crippen LogP contribution in [0, 0.1) is 19.8 Å². The van der Waals surface area contributed by atoms with Crippen LogP contribution in [0.4, 0.5) is 0 Å². The number of guanidine groups is 1. The lowest BCUT2D eigenvalue weighted by Gasteiger charge is -2.34. The van der Waals surface area contributed by atoms with Gasteiger partial charge in [0.1, 0.15) is 5.01 Å². The number of aryl methyl sites for hydroxylation is 2. The van der Waals surface area contributed by atoms with E-state index in [4.69, 9.17) is 0 Å². The fourth-order valence-corrected chi connectivity index (χ4v) is 3.76. The molecule has 1 unspecified atom stereocenters. The molecular formula is C18H34N6S. The van der Waals surface area contributed by atoms with Gasteiger partial charge in [-0.1, -0.05) is 6.92 Å². The van der Waals surface area contributed by atoms with Gasteiger partial charge in [-0.05, 0) is 33.7 Å². The highest BCUT2D eigenvalue weighted by Crippen LogP contribution is 2.16. The number of likely N-dealkylation sites (N-methyl/N-ethyl adjacent to an activating group) is 1. The second kappa shape index (κ2) is 10.1. The van der Waals surface area contributed by atoms with E-state index < -0.39 is 0 Å². The molecule has 1 aliphatic heterocycles. The van der Waals surface area contributed by atoms with Crippen molar-refractivity contribution in [3.8, 4) is 0 Å². The standard InChI is InChI=1S/C18H34N6S/c1-6-19-18(21-12-17-22-15(3)16(4)25-17)20-11-14(2)13-24-9-7-23(5)8-10-24/h14H,6-13H2,1-5H3,(H2,19,20,21). The minimum atomic E-state index is 0.594. The molecule has 142 valence electrons. The summed E-state index contributed by atoms with van der Waals surface area (Å²) in [6.07, 6.45) is 0. The maximum absolute atomic E-state index is 4.69. The number of thiazole rings is 1. The zero-order valence-corrected chi connectivity index (χ0v) is 17.2. The normalized spacial score (nSPS) is 18.4. The Balaban J connectivity index is 1.78. The predicted octanol–water partition coefficient (Wildman–Crippen LogP) is 1.70. The summed E-state index contributed by atoms with van der Waals surface area (Å²) in [4.78, 5) is 15.5. The molecule has 25 heavy (non-hydrogen) atoms. The fraction of sp³-hybridized carbons (Fsp3) is 0.778. The van der Waals surface area contributed by atoms with Crippen LogP contribution in [0.5, 0.6) is 0 Å². The van der Waals surface area contributed by atoms with Crippen molar-refractivity contribution in [1.82, 2.24) is 25.4 Å². The van der Waals surface area contributed by atoms with Crippen LogP contribution >= 0.6 is 11.3 Å². The number of aliphatic imine (C=N–C) groups is 1. The SMILES string of the molecule is CCNC(=NCc1nc(C)c(C)s1)NCC(C)CN1CCN(C)CC1. The van der Waals surface area contributed by atoms with Crippen molar-refractivity contribution >= 4 is 17.3 Å². The second-order valence-corrected chi connectivity index (χ2v) is 8.32. The molecule has 0 spiro atoms. The first kappa shape index (κ1) is 20.1. The van der Waals surface area contributed by atoms with Crippen molar-refractivity contribution < 1.29 is 0 Å². The van der Waals surface area contributed by atoms with Gasteiger partial charge in [0.05, 0.1) is 12.2 Å². The van der Waals surface area contributed by atoms with Crippen LogP contribution in [-0.2, 0) is 6.54 Å². The van der Waals surface area contributed by atoms with E-state index in [1.165, 1.54) is 31.1 Å². The van der Waals surface area contributed by atoms with E-state index in [-0.39, 0.29) is 0 Å². The molecule has 2 N–H and O–H groups in total. The van der Waals surface area contributed by atoms with E-state index in [1.54, 1.807) is 11.3 Å². The van der Waals surface area contributed by atoms with Gasteiger partial charge in [-0.2, -0.15) is 0 Å². The van der Waals surface area contributed by atoms with Gasteiger partial charge in [0.15, 0.2) is 5.96 Å². The van der Waals surface area contributed by atoms with Gasteiger partial charge in [0.2, 0.25) is 0 Å². The molecule has 1 aromatic heterocycles. The molecule has 1 aromatic rings. The summed E-state index contributed by atoms with van der Waals surface area (Å²) < 4.78 is 0. The van der Waals surface area contributed by atoms with Crippen LogP contribution in [-0.4, -0.2) is 73.6 Å². The van der Waals surface area contributed by atoms with Gasteiger partial charge >= 0.3 is 0 Å². The third-order valence-electron chi connectivity index (χ3n) is 4.57. The Morgan fingerprint density at radius 2 is 1.96 bits per heavy atom. The van der Waals surface area contributed by atoms with Gasteiger partial charge < -0.3 is 20.4 Å². The molecule has 0 saturated carbocycles. The second-order valence-electron chi connectivity index (χ2n) is 7.03. The summed E-state index contributed by atoms with van der Waals surface area (Å²) in [6, 6.07) is 0.